The van der Waals surface area contributed by atoms with Gasteiger partial charge in [0.05, 0.1) is 21.8 Å². The number of aromatic hydroxyl groups is 1. The van der Waals surface area contributed by atoms with Crippen LogP contribution in [0.4, 0.5) is 34.1 Å². The summed E-state index contributed by atoms with van der Waals surface area (Å²) in [5.74, 6) is 0.185. The van der Waals surface area contributed by atoms with E-state index < -0.39 is 0 Å². The number of anilines is 6. The first-order valence-corrected chi connectivity index (χ1v) is 19.3. The number of thiophene rings is 1. The van der Waals surface area contributed by atoms with Crippen LogP contribution >= 0.6 is 11.3 Å². The highest BCUT2D eigenvalue weighted by atomic mass is 32.1. The monoisotopic (exact) mass is 723 g/mol. The maximum Gasteiger partial charge on any atom is 0.163 e. The fourth-order valence-electron chi connectivity index (χ4n) is 7.17. The van der Waals surface area contributed by atoms with Crippen molar-refractivity contribution in [3.8, 4) is 16.9 Å². The summed E-state index contributed by atoms with van der Waals surface area (Å²) < 4.78 is 2.38. The van der Waals surface area contributed by atoms with Crippen molar-refractivity contribution in [2.24, 2.45) is 0 Å². The summed E-state index contributed by atoms with van der Waals surface area (Å²) in [7, 11) is 0. The molecule has 54 heavy (non-hydrogen) atoms. The fourth-order valence-corrected chi connectivity index (χ4v) is 8.37. The molecular weight excluding hydrogens is 679 g/mol. The zero-order valence-corrected chi connectivity index (χ0v) is 32.5. The molecule has 2 heterocycles. The molecule has 0 saturated heterocycles. The number of fused-ring (bicyclic) bond motifs is 3. The highest BCUT2D eigenvalue weighted by Crippen LogP contribution is 2.51. The maximum absolute atomic E-state index is 12.8. The molecule has 6 aromatic carbocycles. The van der Waals surface area contributed by atoms with Gasteiger partial charge in [-0.1, -0.05) is 120 Å². The molecule has 0 aliphatic carbocycles. The molecule has 0 unspecified atom stereocenters. The van der Waals surface area contributed by atoms with Gasteiger partial charge in [-0.3, -0.25) is 4.98 Å². The van der Waals surface area contributed by atoms with Crippen molar-refractivity contribution in [1.82, 2.24) is 4.98 Å². The normalized spacial score (nSPS) is 12.0. The highest BCUT2D eigenvalue weighted by molar-refractivity contribution is 7.26. The molecule has 8 rings (SSSR count). The molecule has 8 aromatic rings. The first kappa shape index (κ1) is 35.1. The lowest BCUT2D eigenvalue weighted by Gasteiger charge is -2.33. The van der Waals surface area contributed by atoms with Gasteiger partial charge in [-0.2, -0.15) is 0 Å². The molecule has 0 aliphatic heterocycles. The van der Waals surface area contributed by atoms with Gasteiger partial charge in [0.1, 0.15) is 0 Å². The van der Waals surface area contributed by atoms with Crippen LogP contribution in [0.15, 0.2) is 158 Å². The number of rotatable bonds is 7. The van der Waals surface area contributed by atoms with Crippen molar-refractivity contribution in [1.29, 1.82) is 0 Å². The second-order valence-corrected chi connectivity index (χ2v) is 17.0. The second kappa shape index (κ2) is 13.8. The van der Waals surface area contributed by atoms with Crippen LogP contribution in [0.5, 0.6) is 5.75 Å². The van der Waals surface area contributed by atoms with Gasteiger partial charge in [-0.25, -0.2) is 0 Å². The number of para-hydroxylation sites is 2. The van der Waals surface area contributed by atoms with Gasteiger partial charge in [-0.05, 0) is 94.3 Å². The van der Waals surface area contributed by atoms with Crippen molar-refractivity contribution in [3.05, 3.63) is 169 Å². The minimum Gasteiger partial charge on any atom is -0.504 e. The summed E-state index contributed by atoms with van der Waals surface area (Å²) in [5, 5.41) is 15.3. The largest absolute Gasteiger partial charge is 0.504 e. The molecular formula is C49H45N3OS. The quantitative estimate of drug-likeness (QED) is 0.178. The van der Waals surface area contributed by atoms with Crippen LogP contribution in [-0.2, 0) is 10.8 Å². The topological polar surface area (TPSA) is 39.6 Å². The minimum atomic E-state index is -0.0821. The molecule has 0 fully saturated rings. The number of nitrogens with zero attached hydrogens (tertiary/aromatic N) is 3. The van der Waals surface area contributed by atoms with Crippen LogP contribution in [0.3, 0.4) is 0 Å². The van der Waals surface area contributed by atoms with Crippen molar-refractivity contribution in [2.45, 2.75) is 52.4 Å². The summed E-state index contributed by atoms with van der Waals surface area (Å²) in [6, 6.07) is 51.0. The Morgan fingerprint density at radius 3 is 1.80 bits per heavy atom. The summed E-state index contributed by atoms with van der Waals surface area (Å²) in [6.45, 7) is 13.6. The molecule has 5 heteroatoms. The molecule has 0 aliphatic rings. The van der Waals surface area contributed by atoms with E-state index in [4.69, 9.17) is 0 Å². The molecule has 0 radical (unpaired) electrons. The van der Waals surface area contributed by atoms with Crippen LogP contribution in [0.1, 0.15) is 52.7 Å². The van der Waals surface area contributed by atoms with Gasteiger partial charge in [-0.15, -0.1) is 11.3 Å². The molecule has 4 nitrogen and oxygen atoms in total. The van der Waals surface area contributed by atoms with E-state index in [2.05, 4.69) is 178 Å². The molecule has 0 spiro atoms. The predicted molar refractivity (Wildman–Crippen MR) is 231 cm³/mol. The van der Waals surface area contributed by atoms with Crippen molar-refractivity contribution in [3.63, 3.8) is 0 Å². The van der Waals surface area contributed by atoms with E-state index in [1.165, 1.54) is 26.6 Å². The third kappa shape index (κ3) is 6.61. The van der Waals surface area contributed by atoms with Crippen LogP contribution in [-0.4, -0.2) is 10.1 Å². The van der Waals surface area contributed by atoms with E-state index in [1.54, 1.807) is 17.5 Å². The van der Waals surface area contributed by atoms with Crippen LogP contribution in [0, 0.1) is 0 Å². The van der Waals surface area contributed by atoms with E-state index in [-0.39, 0.29) is 16.6 Å². The van der Waals surface area contributed by atoms with E-state index in [0.29, 0.717) is 11.4 Å². The summed E-state index contributed by atoms with van der Waals surface area (Å²) in [4.78, 5) is 8.82. The first-order chi connectivity index (χ1) is 26.0. The maximum atomic E-state index is 12.8. The van der Waals surface area contributed by atoms with Crippen LogP contribution in [0.25, 0.3) is 31.3 Å². The van der Waals surface area contributed by atoms with Gasteiger partial charge in [0.25, 0.3) is 0 Å². The Morgan fingerprint density at radius 1 is 0.500 bits per heavy atom. The molecule has 1 N–H and O–H groups in total. The number of benzene rings is 6. The molecule has 0 bridgehead atoms. The molecule has 0 amide bonds. The van der Waals surface area contributed by atoms with Gasteiger partial charge < -0.3 is 14.9 Å². The third-order valence-electron chi connectivity index (χ3n) is 10.1. The predicted octanol–water partition coefficient (Wildman–Crippen LogP) is 14.4. The minimum absolute atomic E-state index is 0.0821. The third-order valence-corrected chi connectivity index (χ3v) is 11.3. The molecule has 0 saturated carbocycles. The Kier molecular flexibility index (Phi) is 8.99. The van der Waals surface area contributed by atoms with Gasteiger partial charge >= 0.3 is 0 Å². The highest BCUT2D eigenvalue weighted by Gasteiger charge is 2.27. The number of phenols is 1. The lowest BCUT2D eigenvalue weighted by atomic mass is 9.80. The molecule has 0 atom stereocenters. The summed E-state index contributed by atoms with van der Waals surface area (Å²) >= 11 is 1.78. The Hall–Kier alpha value is -5.91. The van der Waals surface area contributed by atoms with Crippen LogP contribution in [0.2, 0.25) is 0 Å². The smallest absolute Gasteiger partial charge is 0.163 e. The Balaban J connectivity index is 1.39. The SMILES string of the molecule is CC(C)(C)c1cc(N(c2ccccc2)c2cccc(N(c3cccc(-c4cccnc4)c3)c3cccc4c3sc3ccccc34)c2O)cc(C(C)(C)C)c1. The zero-order valence-electron chi connectivity index (χ0n) is 31.7. The average molecular weight is 724 g/mol. The van der Waals surface area contributed by atoms with Crippen molar-refractivity contribution < 1.29 is 5.11 Å². The lowest BCUT2D eigenvalue weighted by Crippen LogP contribution is -2.19. The molecule has 2 aromatic heterocycles. The fraction of sp³-hybridized carbons (Fsp3) is 0.163. The van der Waals surface area contributed by atoms with E-state index in [1.807, 2.05) is 30.5 Å². The number of hydrogen-bond donors (Lipinski definition) is 1. The van der Waals surface area contributed by atoms with E-state index >= 15 is 0 Å². The van der Waals surface area contributed by atoms with E-state index in [9.17, 15) is 5.11 Å². The van der Waals surface area contributed by atoms with Crippen LogP contribution < -0.4 is 9.80 Å². The summed E-state index contributed by atoms with van der Waals surface area (Å²) in [5.41, 5.74) is 9.68. The average Bonchev–Trinajstić information content (AvgIpc) is 3.56. The van der Waals surface area contributed by atoms with Crippen molar-refractivity contribution in [2.75, 3.05) is 9.80 Å². The van der Waals surface area contributed by atoms with Gasteiger partial charge in [0.15, 0.2) is 5.75 Å². The Labute approximate surface area is 322 Å². The first-order valence-electron chi connectivity index (χ1n) is 18.5. The lowest BCUT2D eigenvalue weighted by molar-refractivity contribution is 0.478. The van der Waals surface area contributed by atoms with E-state index in [0.717, 1.165) is 38.6 Å². The summed E-state index contributed by atoms with van der Waals surface area (Å²) in [6.07, 6.45) is 3.69. The van der Waals surface area contributed by atoms with Gasteiger partial charge in [0.2, 0.25) is 0 Å². The Bertz CT molecular complexity index is 2570. The number of pyridine rings is 1. The molecule has 268 valence electrons. The Morgan fingerprint density at radius 2 is 1.09 bits per heavy atom. The number of phenolic OH excluding ortho intramolecular Hbond substituents is 1. The number of aromatic nitrogens is 1. The standard InChI is InChI=1S/C49H45N3OS/c1-48(2,3)35-29-36(49(4,5)6)31-39(30-35)51(37-18-8-7-9-19-37)42-23-14-24-43(46(42)53)52(38-20-12-16-33(28-38)34-17-15-27-50-32-34)44-25-13-22-41-40-21-10-11-26-45(40)54-47(41)44/h7-32,53H,1-6H3. The zero-order chi connectivity index (χ0) is 37.6. The van der Waals surface area contributed by atoms with Crippen molar-refractivity contribution >= 4 is 65.6 Å². The van der Waals surface area contributed by atoms with Gasteiger partial charge in [0, 0.05) is 50.5 Å². The number of hydrogen-bond acceptors (Lipinski definition) is 5. The second-order valence-electron chi connectivity index (χ2n) is 16.0.